The normalized spacial score (nSPS) is 15.9. The molecule has 32 heavy (non-hydrogen) atoms. The molecule has 10 heteroatoms. The summed E-state index contributed by atoms with van der Waals surface area (Å²) in [6.07, 6.45) is 10.0. The number of pyridine rings is 1. The first-order valence-electron chi connectivity index (χ1n) is 10.7. The summed E-state index contributed by atoms with van der Waals surface area (Å²) in [7, 11) is 1.65. The third kappa shape index (κ3) is 4.90. The molecule has 2 aromatic heterocycles. The van der Waals surface area contributed by atoms with Crippen LogP contribution in [0.1, 0.15) is 47.8 Å². The number of carbonyl (C=O) groups excluding carboxylic acids is 2. The summed E-state index contributed by atoms with van der Waals surface area (Å²) in [5, 5.41) is 17.0. The molecule has 2 aromatic rings. The summed E-state index contributed by atoms with van der Waals surface area (Å²) in [6.45, 7) is 1.25. The van der Waals surface area contributed by atoms with Gasteiger partial charge in [0.05, 0.1) is 29.5 Å². The minimum Gasteiger partial charge on any atom is -0.392 e. The molecule has 1 saturated carbocycles. The Morgan fingerprint density at radius 3 is 2.53 bits per heavy atom. The van der Waals surface area contributed by atoms with Gasteiger partial charge in [-0.1, -0.05) is 0 Å². The maximum Gasteiger partial charge on any atom is 0.276 e. The van der Waals surface area contributed by atoms with Crippen molar-refractivity contribution in [3.8, 4) is 0 Å². The number of nitrogens with zero attached hydrogens (tertiary/aromatic N) is 4. The highest BCUT2D eigenvalue weighted by Crippen LogP contribution is 2.39. The number of hydrogen-bond acceptors (Lipinski definition) is 8. The van der Waals surface area contributed by atoms with E-state index >= 15 is 0 Å². The van der Waals surface area contributed by atoms with Crippen molar-refractivity contribution >= 4 is 28.9 Å². The van der Waals surface area contributed by atoms with Crippen molar-refractivity contribution in [3.05, 3.63) is 54.1 Å². The largest absolute Gasteiger partial charge is 0.392 e. The SMILES string of the molecule is CN/C=C(/NC(=O)c1nc(C2CC2)ccc1Nc1cncnc1)C(=N)C(=O)N1CCCC1. The smallest absolute Gasteiger partial charge is 0.276 e. The molecule has 4 N–H and O–H groups in total. The summed E-state index contributed by atoms with van der Waals surface area (Å²) >= 11 is 0. The first kappa shape index (κ1) is 21.4. The Labute approximate surface area is 186 Å². The molecule has 0 unspecified atom stereocenters. The predicted molar refractivity (Wildman–Crippen MR) is 120 cm³/mol. The molecule has 0 aromatic carbocycles. The van der Waals surface area contributed by atoms with Gasteiger partial charge < -0.3 is 20.9 Å². The summed E-state index contributed by atoms with van der Waals surface area (Å²) in [6, 6.07) is 3.72. The van der Waals surface area contributed by atoms with E-state index < -0.39 is 11.8 Å². The van der Waals surface area contributed by atoms with Crippen LogP contribution in [0.25, 0.3) is 0 Å². The van der Waals surface area contributed by atoms with Gasteiger partial charge in [0, 0.05) is 37.9 Å². The van der Waals surface area contributed by atoms with Crippen molar-refractivity contribution < 1.29 is 9.59 Å². The molecule has 4 rings (SSSR count). The highest BCUT2D eigenvalue weighted by atomic mass is 16.2. The topological polar surface area (TPSA) is 136 Å². The van der Waals surface area contributed by atoms with Crippen LogP contribution in [0.4, 0.5) is 11.4 Å². The van der Waals surface area contributed by atoms with Gasteiger partial charge in [0.1, 0.15) is 12.0 Å². The Hall–Kier alpha value is -3.82. The van der Waals surface area contributed by atoms with Crippen LogP contribution >= 0.6 is 0 Å². The van der Waals surface area contributed by atoms with Crippen molar-refractivity contribution in [1.82, 2.24) is 30.5 Å². The first-order valence-corrected chi connectivity index (χ1v) is 10.7. The van der Waals surface area contributed by atoms with Gasteiger partial charge in [0.25, 0.3) is 11.8 Å². The van der Waals surface area contributed by atoms with E-state index in [0.717, 1.165) is 31.4 Å². The summed E-state index contributed by atoms with van der Waals surface area (Å²) in [5.74, 6) is -0.547. The number of aromatic nitrogens is 3. The maximum atomic E-state index is 13.2. The van der Waals surface area contributed by atoms with Crippen molar-refractivity contribution in [2.45, 2.75) is 31.6 Å². The molecule has 1 aliphatic heterocycles. The summed E-state index contributed by atoms with van der Waals surface area (Å²) in [5.41, 5.74) is 1.98. The molecule has 2 amide bonds. The zero-order valence-corrected chi connectivity index (χ0v) is 17.9. The Morgan fingerprint density at radius 2 is 1.88 bits per heavy atom. The molecule has 0 spiro atoms. The van der Waals surface area contributed by atoms with E-state index in [1.54, 1.807) is 24.3 Å². The fraction of sp³-hybridized carbons (Fsp3) is 0.364. The summed E-state index contributed by atoms with van der Waals surface area (Å²) < 4.78 is 0. The van der Waals surface area contributed by atoms with Gasteiger partial charge in [-0.15, -0.1) is 0 Å². The lowest BCUT2D eigenvalue weighted by Crippen LogP contribution is -2.39. The summed E-state index contributed by atoms with van der Waals surface area (Å²) in [4.78, 5) is 40.1. The van der Waals surface area contributed by atoms with Gasteiger partial charge in [0.15, 0.2) is 5.69 Å². The molecule has 10 nitrogen and oxygen atoms in total. The minimum atomic E-state index is -0.507. The molecule has 1 saturated heterocycles. The average Bonchev–Trinajstić information content (AvgIpc) is 3.52. The van der Waals surface area contributed by atoms with Crippen LogP contribution in [0.2, 0.25) is 0 Å². The van der Waals surface area contributed by atoms with Crippen LogP contribution < -0.4 is 16.0 Å². The maximum absolute atomic E-state index is 13.2. The molecule has 0 atom stereocenters. The van der Waals surface area contributed by atoms with E-state index in [1.165, 1.54) is 12.5 Å². The lowest BCUT2D eigenvalue weighted by atomic mass is 10.2. The Bertz CT molecular complexity index is 1040. The van der Waals surface area contributed by atoms with Crippen molar-refractivity contribution in [3.63, 3.8) is 0 Å². The number of hydrogen-bond donors (Lipinski definition) is 4. The van der Waals surface area contributed by atoms with Crippen LogP contribution in [0, 0.1) is 5.41 Å². The van der Waals surface area contributed by atoms with E-state index in [0.29, 0.717) is 30.4 Å². The van der Waals surface area contributed by atoms with Crippen LogP contribution in [-0.2, 0) is 4.79 Å². The van der Waals surface area contributed by atoms with E-state index in [9.17, 15) is 9.59 Å². The van der Waals surface area contributed by atoms with Crippen LogP contribution in [0.15, 0.2) is 42.8 Å². The van der Waals surface area contributed by atoms with Gasteiger partial charge in [-0.25, -0.2) is 15.0 Å². The zero-order chi connectivity index (χ0) is 22.5. The fourth-order valence-corrected chi connectivity index (χ4v) is 3.56. The Morgan fingerprint density at radius 1 is 1.16 bits per heavy atom. The molecule has 2 aliphatic rings. The van der Waals surface area contributed by atoms with Gasteiger partial charge in [-0.05, 0) is 37.8 Å². The van der Waals surface area contributed by atoms with Gasteiger partial charge in [-0.2, -0.15) is 0 Å². The molecule has 0 bridgehead atoms. The molecule has 0 radical (unpaired) electrons. The molecule has 1 aliphatic carbocycles. The van der Waals surface area contributed by atoms with Crippen LogP contribution in [0.5, 0.6) is 0 Å². The quantitative estimate of drug-likeness (QED) is 0.466. The number of anilines is 2. The second-order valence-corrected chi connectivity index (χ2v) is 7.83. The van der Waals surface area contributed by atoms with E-state index in [1.807, 2.05) is 12.1 Å². The number of nitrogens with one attached hydrogen (secondary N) is 4. The second kappa shape index (κ2) is 9.54. The highest BCUT2D eigenvalue weighted by molar-refractivity contribution is 6.44. The lowest BCUT2D eigenvalue weighted by Gasteiger charge is -2.18. The van der Waals surface area contributed by atoms with E-state index in [4.69, 9.17) is 5.41 Å². The van der Waals surface area contributed by atoms with Gasteiger partial charge in [0.2, 0.25) is 0 Å². The second-order valence-electron chi connectivity index (χ2n) is 7.83. The van der Waals surface area contributed by atoms with Crippen LogP contribution in [-0.4, -0.2) is 57.5 Å². The van der Waals surface area contributed by atoms with Gasteiger partial charge >= 0.3 is 0 Å². The molecular weight excluding hydrogens is 408 g/mol. The fourth-order valence-electron chi connectivity index (χ4n) is 3.56. The lowest BCUT2D eigenvalue weighted by molar-refractivity contribution is -0.123. The van der Waals surface area contributed by atoms with Crippen molar-refractivity contribution in [2.24, 2.45) is 0 Å². The van der Waals surface area contributed by atoms with E-state index in [2.05, 4.69) is 30.9 Å². The van der Waals surface area contributed by atoms with Crippen LogP contribution in [0.3, 0.4) is 0 Å². The minimum absolute atomic E-state index is 0.0991. The van der Waals surface area contributed by atoms with Gasteiger partial charge in [-0.3, -0.25) is 15.0 Å². The first-order chi connectivity index (χ1) is 15.6. The molecular formula is C22H26N8O2. The average molecular weight is 435 g/mol. The highest BCUT2D eigenvalue weighted by Gasteiger charge is 2.29. The monoisotopic (exact) mass is 434 g/mol. The third-order valence-corrected chi connectivity index (χ3v) is 5.38. The third-order valence-electron chi connectivity index (χ3n) is 5.38. The Kier molecular flexibility index (Phi) is 6.39. The number of likely N-dealkylation sites (tertiary alicyclic amines) is 1. The van der Waals surface area contributed by atoms with Crippen molar-refractivity contribution in [1.29, 1.82) is 5.41 Å². The number of amides is 2. The van der Waals surface area contributed by atoms with Crippen molar-refractivity contribution in [2.75, 3.05) is 25.5 Å². The molecule has 3 heterocycles. The molecule has 2 fully saturated rings. The Balaban J connectivity index is 1.58. The standard InChI is InChI=1S/C22H26N8O2/c1-24-12-18(19(23)22(32)30-8-2-3-9-30)29-21(31)20-17(27-15-10-25-13-26-11-15)7-6-16(28-20)14-4-5-14/h6-7,10-14,23-24,27H,2-5,8-9H2,1H3,(H,29,31)/b18-12+,23-19?. The predicted octanol–water partition coefficient (Wildman–Crippen LogP) is 1.93. The van der Waals surface area contributed by atoms with E-state index in [-0.39, 0.29) is 17.1 Å². The number of rotatable bonds is 8. The molecule has 166 valence electrons. The zero-order valence-electron chi connectivity index (χ0n) is 17.9. The number of carbonyl (C=O) groups is 2.